The summed E-state index contributed by atoms with van der Waals surface area (Å²) < 4.78 is 23.9. The van der Waals surface area contributed by atoms with Gasteiger partial charge in [-0.15, -0.1) is 0 Å². The number of nitrogens with one attached hydrogen (secondary N) is 1. The zero-order valence-corrected chi connectivity index (χ0v) is 13.4. The number of hydrogen-bond donors (Lipinski definition) is 1. The van der Waals surface area contributed by atoms with Gasteiger partial charge in [-0.1, -0.05) is 6.07 Å². The summed E-state index contributed by atoms with van der Waals surface area (Å²) in [6.45, 7) is 3.38. The molecule has 2 aromatic carbocycles. The van der Waals surface area contributed by atoms with Gasteiger partial charge < -0.3 is 19.7 Å². The van der Waals surface area contributed by atoms with Crippen molar-refractivity contribution in [2.24, 2.45) is 0 Å². The standard InChI is InChI=1S/C18H19FN2O3/c1-2-21(15-5-3-4-13(19)10-15)9-8-18(22)20-14-6-7-16-17(11-14)24-12-23-16/h3-7,10-11H,2,8-9,12H2,1H3,(H,20,22). The molecule has 1 amide bonds. The van der Waals surface area contributed by atoms with Crippen LogP contribution in [0.4, 0.5) is 15.8 Å². The number of carbonyl (C=O) groups is 1. The van der Waals surface area contributed by atoms with E-state index in [4.69, 9.17) is 9.47 Å². The highest BCUT2D eigenvalue weighted by Gasteiger charge is 2.14. The molecule has 0 saturated carbocycles. The van der Waals surface area contributed by atoms with Crippen molar-refractivity contribution >= 4 is 17.3 Å². The SMILES string of the molecule is CCN(CCC(=O)Nc1ccc2c(c1)OCO2)c1cccc(F)c1. The van der Waals surface area contributed by atoms with Crippen LogP contribution in [-0.2, 0) is 4.79 Å². The summed E-state index contributed by atoms with van der Waals surface area (Å²) in [5.74, 6) is 0.915. The van der Waals surface area contributed by atoms with E-state index >= 15 is 0 Å². The minimum atomic E-state index is -0.282. The summed E-state index contributed by atoms with van der Waals surface area (Å²) in [6.07, 6.45) is 0.304. The lowest BCUT2D eigenvalue weighted by Crippen LogP contribution is -2.27. The Hall–Kier alpha value is -2.76. The Labute approximate surface area is 140 Å². The largest absolute Gasteiger partial charge is 0.454 e. The molecule has 0 aromatic heterocycles. The topological polar surface area (TPSA) is 50.8 Å². The van der Waals surface area contributed by atoms with E-state index < -0.39 is 0 Å². The smallest absolute Gasteiger partial charge is 0.231 e. The van der Waals surface area contributed by atoms with E-state index in [2.05, 4.69) is 5.32 Å². The summed E-state index contributed by atoms with van der Waals surface area (Å²) in [6, 6.07) is 11.7. The Bertz CT molecular complexity index is 736. The molecule has 126 valence electrons. The average molecular weight is 330 g/mol. The van der Waals surface area contributed by atoms with Crippen LogP contribution in [0.15, 0.2) is 42.5 Å². The van der Waals surface area contributed by atoms with Crippen LogP contribution in [-0.4, -0.2) is 25.8 Å². The summed E-state index contributed by atoms with van der Waals surface area (Å²) in [4.78, 5) is 14.1. The highest BCUT2D eigenvalue weighted by atomic mass is 19.1. The maximum absolute atomic E-state index is 13.3. The van der Waals surface area contributed by atoms with Crippen LogP contribution in [0.3, 0.4) is 0 Å². The summed E-state index contributed by atoms with van der Waals surface area (Å²) in [5.41, 5.74) is 1.44. The third kappa shape index (κ3) is 3.76. The van der Waals surface area contributed by atoms with E-state index in [9.17, 15) is 9.18 Å². The van der Waals surface area contributed by atoms with Crippen LogP contribution in [0.1, 0.15) is 13.3 Å². The molecule has 0 atom stereocenters. The van der Waals surface area contributed by atoms with E-state index in [1.54, 1.807) is 24.3 Å². The molecule has 0 bridgehead atoms. The summed E-state index contributed by atoms with van der Waals surface area (Å²) in [7, 11) is 0. The van der Waals surface area contributed by atoms with Crippen molar-refractivity contribution in [3.05, 3.63) is 48.3 Å². The first-order valence-electron chi connectivity index (χ1n) is 7.85. The maximum Gasteiger partial charge on any atom is 0.231 e. The fraction of sp³-hybridized carbons (Fsp3) is 0.278. The van der Waals surface area contributed by atoms with Gasteiger partial charge in [-0.2, -0.15) is 0 Å². The Morgan fingerprint density at radius 2 is 2.04 bits per heavy atom. The number of hydrogen-bond acceptors (Lipinski definition) is 4. The molecule has 0 radical (unpaired) electrons. The van der Waals surface area contributed by atoms with Crippen molar-refractivity contribution in [3.63, 3.8) is 0 Å². The number of nitrogens with zero attached hydrogens (tertiary/aromatic N) is 1. The highest BCUT2D eigenvalue weighted by molar-refractivity contribution is 5.91. The monoisotopic (exact) mass is 330 g/mol. The van der Waals surface area contributed by atoms with Crippen LogP contribution >= 0.6 is 0 Å². The fourth-order valence-electron chi connectivity index (χ4n) is 2.58. The van der Waals surface area contributed by atoms with E-state index in [1.165, 1.54) is 12.1 Å². The number of anilines is 2. The number of carbonyl (C=O) groups excluding carboxylic acids is 1. The molecular formula is C18H19FN2O3. The van der Waals surface area contributed by atoms with E-state index in [1.807, 2.05) is 17.9 Å². The van der Waals surface area contributed by atoms with Crippen LogP contribution < -0.4 is 19.7 Å². The number of halogens is 1. The second-order valence-corrected chi connectivity index (χ2v) is 5.43. The molecule has 0 saturated heterocycles. The van der Waals surface area contributed by atoms with Crippen molar-refractivity contribution in [1.82, 2.24) is 0 Å². The molecule has 5 nitrogen and oxygen atoms in total. The van der Waals surface area contributed by atoms with E-state index in [0.717, 1.165) is 5.69 Å². The third-order valence-electron chi connectivity index (χ3n) is 3.82. The molecule has 0 fully saturated rings. The Kier molecular flexibility index (Phi) is 4.84. The van der Waals surface area contributed by atoms with Crippen LogP contribution in [0.5, 0.6) is 11.5 Å². The zero-order valence-electron chi connectivity index (χ0n) is 13.4. The second kappa shape index (κ2) is 7.21. The van der Waals surface area contributed by atoms with Gasteiger partial charge in [0.1, 0.15) is 5.82 Å². The van der Waals surface area contributed by atoms with Gasteiger partial charge in [0.05, 0.1) is 0 Å². The van der Waals surface area contributed by atoms with Crippen molar-refractivity contribution in [2.45, 2.75) is 13.3 Å². The number of fused-ring (bicyclic) bond motifs is 1. The fourth-order valence-corrected chi connectivity index (χ4v) is 2.58. The van der Waals surface area contributed by atoms with Gasteiger partial charge in [0.2, 0.25) is 12.7 Å². The lowest BCUT2D eigenvalue weighted by molar-refractivity contribution is -0.116. The predicted octanol–water partition coefficient (Wildman–Crippen LogP) is 3.41. The van der Waals surface area contributed by atoms with Crippen molar-refractivity contribution in [3.8, 4) is 11.5 Å². The second-order valence-electron chi connectivity index (χ2n) is 5.43. The number of benzene rings is 2. The zero-order chi connectivity index (χ0) is 16.9. The molecule has 3 rings (SSSR count). The number of ether oxygens (including phenoxy) is 2. The van der Waals surface area contributed by atoms with Gasteiger partial charge in [-0.3, -0.25) is 4.79 Å². The lowest BCUT2D eigenvalue weighted by atomic mass is 10.2. The van der Waals surface area contributed by atoms with Crippen molar-refractivity contribution in [2.75, 3.05) is 30.1 Å². The van der Waals surface area contributed by atoms with E-state index in [-0.39, 0.29) is 18.5 Å². The molecule has 1 heterocycles. The Morgan fingerprint density at radius 1 is 1.21 bits per heavy atom. The molecule has 1 N–H and O–H groups in total. The molecule has 0 spiro atoms. The van der Waals surface area contributed by atoms with Gasteiger partial charge >= 0.3 is 0 Å². The molecule has 2 aromatic rings. The minimum Gasteiger partial charge on any atom is -0.454 e. The average Bonchev–Trinajstić information content (AvgIpc) is 3.03. The van der Waals surface area contributed by atoms with Gasteiger partial charge in [-0.25, -0.2) is 4.39 Å². The van der Waals surface area contributed by atoms with Crippen LogP contribution in [0, 0.1) is 5.82 Å². The van der Waals surface area contributed by atoms with Crippen LogP contribution in [0.2, 0.25) is 0 Å². The first-order valence-corrected chi connectivity index (χ1v) is 7.85. The number of rotatable bonds is 6. The third-order valence-corrected chi connectivity index (χ3v) is 3.82. The number of amides is 1. The Balaban J connectivity index is 1.56. The molecule has 1 aliphatic heterocycles. The minimum absolute atomic E-state index is 0.108. The van der Waals surface area contributed by atoms with Gasteiger partial charge in [-0.05, 0) is 37.3 Å². The maximum atomic E-state index is 13.3. The molecule has 24 heavy (non-hydrogen) atoms. The van der Waals surface area contributed by atoms with Gasteiger partial charge in [0, 0.05) is 37.0 Å². The summed E-state index contributed by atoms with van der Waals surface area (Å²) >= 11 is 0. The first kappa shape index (κ1) is 16.1. The molecular weight excluding hydrogens is 311 g/mol. The highest BCUT2D eigenvalue weighted by Crippen LogP contribution is 2.34. The van der Waals surface area contributed by atoms with E-state index in [0.29, 0.717) is 36.7 Å². The lowest BCUT2D eigenvalue weighted by Gasteiger charge is -2.22. The normalized spacial score (nSPS) is 12.1. The van der Waals surface area contributed by atoms with Crippen molar-refractivity contribution in [1.29, 1.82) is 0 Å². The van der Waals surface area contributed by atoms with Crippen LogP contribution in [0.25, 0.3) is 0 Å². The quantitative estimate of drug-likeness (QED) is 0.882. The Morgan fingerprint density at radius 3 is 2.83 bits per heavy atom. The molecule has 0 unspecified atom stereocenters. The first-order chi connectivity index (χ1) is 11.7. The van der Waals surface area contributed by atoms with Crippen molar-refractivity contribution < 1.29 is 18.7 Å². The molecule has 6 heteroatoms. The summed E-state index contributed by atoms with van der Waals surface area (Å²) in [5, 5.41) is 2.84. The molecule has 1 aliphatic rings. The predicted molar refractivity (Wildman–Crippen MR) is 90.1 cm³/mol. The molecule has 0 aliphatic carbocycles. The van der Waals surface area contributed by atoms with Gasteiger partial charge in [0.25, 0.3) is 0 Å². The van der Waals surface area contributed by atoms with Gasteiger partial charge in [0.15, 0.2) is 11.5 Å².